The molecule has 2 amide bonds. The number of carbonyl (C=O) groups is 2. The zero-order chi connectivity index (χ0) is 18.2. The second-order valence-electron chi connectivity index (χ2n) is 5.30. The van der Waals surface area contributed by atoms with Gasteiger partial charge in [0.05, 0.1) is 32.5 Å². The molecule has 0 aliphatic heterocycles. The average molecular weight is 343 g/mol. The predicted molar refractivity (Wildman–Crippen MR) is 92.7 cm³/mol. The van der Waals surface area contributed by atoms with E-state index in [1.807, 2.05) is 19.1 Å². The molecule has 1 aromatic carbocycles. The Kier molecular flexibility index (Phi) is 6.33. The van der Waals surface area contributed by atoms with E-state index in [-0.39, 0.29) is 24.4 Å². The van der Waals surface area contributed by atoms with E-state index in [9.17, 15) is 9.59 Å². The molecule has 0 saturated carbocycles. The lowest BCUT2D eigenvalue weighted by molar-refractivity contribution is -0.120. The molecule has 2 aromatic rings. The summed E-state index contributed by atoms with van der Waals surface area (Å²) in [7, 11) is 3.01. The van der Waals surface area contributed by atoms with Gasteiger partial charge in [-0.1, -0.05) is 6.07 Å². The van der Waals surface area contributed by atoms with E-state index in [4.69, 9.17) is 9.47 Å². The molecule has 2 rings (SSSR count). The van der Waals surface area contributed by atoms with E-state index in [0.717, 1.165) is 5.69 Å². The molecule has 0 fully saturated rings. The van der Waals surface area contributed by atoms with Crippen molar-refractivity contribution < 1.29 is 19.1 Å². The van der Waals surface area contributed by atoms with Gasteiger partial charge in [0.2, 0.25) is 5.91 Å². The molecular formula is C18H21N3O4. The maximum absolute atomic E-state index is 12.2. The zero-order valence-corrected chi connectivity index (χ0v) is 14.4. The standard InChI is InChI=1S/C18H21N3O4/c1-12(14-6-4-5-9-19-14)21-17(22)11-20-18(23)13-7-8-15(24-2)16(10-13)25-3/h4-10,12H,11H2,1-3H3,(H,20,23)(H,21,22). The van der Waals surface area contributed by atoms with E-state index < -0.39 is 0 Å². The molecular weight excluding hydrogens is 322 g/mol. The monoisotopic (exact) mass is 343 g/mol. The molecule has 1 atom stereocenters. The van der Waals surface area contributed by atoms with Gasteiger partial charge in [0.25, 0.3) is 5.91 Å². The highest BCUT2D eigenvalue weighted by molar-refractivity contribution is 5.97. The number of pyridine rings is 1. The Labute approximate surface area is 146 Å². The summed E-state index contributed by atoms with van der Waals surface area (Å²) in [5, 5.41) is 5.36. The van der Waals surface area contributed by atoms with Crippen molar-refractivity contribution in [2.75, 3.05) is 20.8 Å². The third kappa shape index (κ3) is 4.94. The number of amides is 2. The van der Waals surface area contributed by atoms with Crippen molar-refractivity contribution in [3.8, 4) is 11.5 Å². The van der Waals surface area contributed by atoms with Gasteiger partial charge in [-0.2, -0.15) is 0 Å². The number of ether oxygens (including phenoxy) is 2. The molecule has 1 heterocycles. The Bertz CT molecular complexity index is 734. The number of rotatable bonds is 7. The van der Waals surface area contributed by atoms with Gasteiger partial charge in [-0.05, 0) is 37.3 Å². The number of nitrogens with one attached hydrogen (secondary N) is 2. The van der Waals surface area contributed by atoms with E-state index >= 15 is 0 Å². The topological polar surface area (TPSA) is 89.5 Å². The molecule has 2 N–H and O–H groups in total. The highest BCUT2D eigenvalue weighted by Crippen LogP contribution is 2.27. The van der Waals surface area contributed by atoms with Gasteiger partial charge in [-0.3, -0.25) is 14.6 Å². The van der Waals surface area contributed by atoms with Crippen LogP contribution in [0.15, 0.2) is 42.6 Å². The molecule has 0 radical (unpaired) electrons. The SMILES string of the molecule is COc1ccc(C(=O)NCC(=O)NC(C)c2ccccn2)cc1OC. The van der Waals surface area contributed by atoms with E-state index in [1.54, 1.807) is 30.5 Å². The van der Waals surface area contributed by atoms with Gasteiger partial charge in [-0.15, -0.1) is 0 Å². The van der Waals surface area contributed by atoms with E-state index in [1.165, 1.54) is 14.2 Å². The summed E-state index contributed by atoms with van der Waals surface area (Å²) in [6, 6.07) is 10.0. The summed E-state index contributed by atoms with van der Waals surface area (Å²) in [4.78, 5) is 28.3. The lowest BCUT2D eigenvalue weighted by atomic mass is 10.2. The minimum absolute atomic E-state index is 0.135. The first kappa shape index (κ1) is 18.3. The number of nitrogens with zero attached hydrogens (tertiary/aromatic N) is 1. The number of hydrogen-bond acceptors (Lipinski definition) is 5. The number of methoxy groups -OCH3 is 2. The van der Waals surface area contributed by atoms with Crippen LogP contribution in [0.5, 0.6) is 11.5 Å². The summed E-state index contributed by atoms with van der Waals surface area (Å²) in [6.45, 7) is 1.70. The summed E-state index contributed by atoms with van der Waals surface area (Å²) < 4.78 is 10.3. The van der Waals surface area contributed by atoms with Gasteiger partial charge in [0.15, 0.2) is 11.5 Å². The molecule has 25 heavy (non-hydrogen) atoms. The molecule has 0 spiro atoms. The first-order chi connectivity index (χ1) is 12.0. The van der Waals surface area contributed by atoms with Crippen molar-refractivity contribution in [3.05, 3.63) is 53.9 Å². The maximum atomic E-state index is 12.2. The molecule has 1 aromatic heterocycles. The lowest BCUT2D eigenvalue weighted by Crippen LogP contribution is -2.38. The zero-order valence-electron chi connectivity index (χ0n) is 14.4. The Morgan fingerprint density at radius 1 is 1.12 bits per heavy atom. The van der Waals surface area contributed by atoms with Crippen LogP contribution in [-0.2, 0) is 4.79 Å². The number of aromatic nitrogens is 1. The van der Waals surface area contributed by atoms with Crippen LogP contribution in [0.25, 0.3) is 0 Å². The van der Waals surface area contributed by atoms with Crippen molar-refractivity contribution in [2.45, 2.75) is 13.0 Å². The average Bonchev–Trinajstić information content (AvgIpc) is 2.66. The van der Waals surface area contributed by atoms with Crippen LogP contribution in [-0.4, -0.2) is 37.6 Å². The minimum Gasteiger partial charge on any atom is -0.493 e. The van der Waals surface area contributed by atoms with E-state index in [0.29, 0.717) is 17.1 Å². The van der Waals surface area contributed by atoms with Crippen molar-refractivity contribution in [3.63, 3.8) is 0 Å². The fraction of sp³-hybridized carbons (Fsp3) is 0.278. The Hall–Kier alpha value is -3.09. The van der Waals surface area contributed by atoms with Gasteiger partial charge in [0.1, 0.15) is 0 Å². The van der Waals surface area contributed by atoms with Gasteiger partial charge in [-0.25, -0.2) is 0 Å². The fourth-order valence-corrected chi connectivity index (χ4v) is 2.24. The summed E-state index contributed by atoms with van der Waals surface area (Å²) in [5.41, 5.74) is 1.13. The molecule has 0 saturated heterocycles. The van der Waals surface area contributed by atoms with Gasteiger partial charge >= 0.3 is 0 Å². The second kappa shape index (κ2) is 8.68. The lowest BCUT2D eigenvalue weighted by Gasteiger charge is -2.14. The molecule has 7 heteroatoms. The van der Waals surface area contributed by atoms with Crippen molar-refractivity contribution in [1.82, 2.24) is 15.6 Å². The normalized spacial score (nSPS) is 11.3. The fourth-order valence-electron chi connectivity index (χ4n) is 2.24. The van der Waals surface area contributed by atoms with Gasteiger partial charge in [0, 0.05) is 11.8 Å². The highest BCUT2D eigenvalue weighted by Gasteiger charge is 2.14. The number of benzene rings is 1. The van der Waals surface area contributed by atoms with Crippen LogP contribution in [0.2, 0.25) is 0 Å². The van der Waals surface area contributed by atoms with Crippen molar-refractivity contribution in [2.24, 2.45) is 0 Å². The van der Waals surface area contributed by atoms with Crippen LogP contribution in [0, 0.1) is 0 Å². The predicted octanol–water partition coefficient (Wildman–Crippen LogP) is 1.71. The first-order valence-electron chi connectivity index (χ1n) is 7.75. The van der Waals surface area contributed by atoms with Crippen LogP contribution < -0.4 is 20.1 Å². The Morgan fingerprint density at radius 3 is 2.52 bits per heavy atom. The third-order valence-corrected chi connectivity index (χ3v) is 3.56. The third-order valence-electron chi connectivity index (χ3n) is 3.56. The summed E-state index contributed by atoms with van der Waals surface area (Å²) >= 11 is 0. The molecule has 0 aliphatic rings. The van der Waals surface area contributed by atoms with Crippen LogP contribution in [0.4, 0.5) is 0 Å². The molecule has 132 valence electrons. The van der Waals surface area contributed by atoms with Crippen molar-refractivity contribution >= 4 is 11.8 Å². The highest BCUT2D eigenvalue weighted by atomic mass is 16.5. The van der Waals surface area contributed by atoms with Gasteiger partial charge < -0.3 is 20.1 Å². The molecule has 1 unspecified atom stereocenters. The van der Waals surface area contributed by atoms with Crippen LogP contribution >= 0.6 is 0 Å². The number of hydrogen-bond donors (Lipinski definition) is 2. The van der Waals surface area contributed by atoms with Crippen molar-refractivity contribution in [1.29, 1.82) is 0 Å². The quantitative estimate of drug-likeness (QED) is 0.799. The van der Waals surface area contributed by atoms with Crippen LogP contribution in [0.3, 0.4) is 0 Å². The Morgan fingerprint density at radius 2 is 1.88 bits per heavy atom. The smallest absolute Gasteiger partial charge is 0.251 e. The molecule has 7 nitrogen and oxygen atoms in total. The second-order valence-corrected chi connectivity index (χ2v) is 5.30. The first-order valence-corrected chi connectivity index (χ1v) is 7.75. The molecule has 0 aliphatic carbocycles. The largest absolute Gasteiger partial charge is 0.493 e. The van der Waals surface area contributed by atoms with Crippen LogP contribution in [0.1, 0.15) is 29.0 Å². The van der Waals surface area contributed by atoms with E-state index in [2.05, 4.69) is 15.6 Å². The molecule has 0 bridgehead atoms. The number of carbonyl (C=O) groups excluding carboxylic acids is 2. The minimum atomic E-state index is -0.374. The Balaban J connectivity index is 1.90. The summed E-state index contributed by atoms with van der Waals surface area (Å²) in [6.07, 6.45) is 1.66. The maximum Gasteiger partial charge on any atom is 0.251 e. The summed E-state index contributed by atoms with van der Waals surface area (Å²) in [5.74, 6) is 0.304.